The van der Waals surface area contributed by atoms with Gasteiger partial charge in [0.25, 0.3) is 0 Å². The van der Waals surface area contributed by atoms with Crippen LogP contribution in [0.15, 0.2) is 29.2 Å². The molecule has 1 aromatic heterocycles. The summed E-state index contributed by atoms with van der Waals surface area (Å²) in [5.41, 5.74) is 0. The number of ether oxygens (including phenoxy) is 1. The molecule has 6 nitrogen and oxygen atoms in total. The summed E-state index contributed by atoms with van der Waals surface area (Å²) >= 11 is 1.30. The molecule has 0 spiro atoms. The Balaban J connectivity index is 1.80. The third kappa shape index (κ3) is 4.25. The Kier molecular flexibility index (Phi) is 5.96. The Hall–Kier alpha value is -1.48. The Morgan fingerprint density at radius 2 is 2.23 bits per heavy atom. The number of hydrogen-bond donors (Lipinski definition) is 2. The standard InChI is InChI=1S/C18H24N2O4S2/c1-3-24-18(21)17-10-14-9-15(6-7-16(14)25-17)26(22,23)20-12(2)13-5-4-8-19-11-13/h6-7,9-10,12-13,19-20H,3-5,8,11H2,1-2H3. The average molecular weight is 397 g/mol. The lowest BCUT2D eigenvalue weighted by atomic mass is 9.94. The van der Waals surface area contributed by atoms with Gasteiger partial charge in [-0.15, -0.1) is 11.3 Å². The SMILES string of the molecule is CCOC(=O)c1cc2cc(S(=O)(=O)NC(C)C3CCCNC3)ccc2s1. The van der Waals surface area contributed by atoms with Crippen molar-refractivity contribution in [3.8, 4) is 0 Å². The molecule has 0 radical (unpaired) electrons. The predicted molar refractivity (Wildman–Crippen MR) is 103 cm³/mol. The van der Waals surface area contributed by atoms with E-state index >= 15 is 0 Å². The summed E-state index contributed by atoms with van der Waals surface area (Å²) in [6.45, 7) is 5.80. The molecular formula is C18H24N2O4S2. The zero-order chi connectivity index (χ0) is 18.7. The molecule has 2 atom stereocenters. The normalized spacial score (nSPS) is 19.4. The number of fused-ring (bicyclic) bond motifs is 1. The molecule has 1 aromatic carbocycles. The first kappa shape index (κ1) is 19.3. The van der Waals surface area contributed by atoms with Crippen LogP contribution in [-0.4, -0.2) is 40.1 Å². The Bertz CT molecular complexity index is 886. The minimum atomic E-state index is -3.61. The van der Waals surface area contributed by atoms with Gasteiger partial charge >= 0.3 is 5.97 Å². The molecule has 8 heteroatoms. The van der Waals surface area contributed by atoms with Crippen molar-refractivity contribution in [1.29, 1.82) is 0 Å². The van der Waals surface area contributed by atoms with E-state index in [4.69, 9.17) is 4.74 Å². The van der Waals surface area contributed by atoms with Crippen LogP contribution in [0.3, 0.4) is 0 Å². The number of carbonyl (C=O) groups excluding carboxylic acids is 1. The van der Waals surface area contributed by atoms with Gasteiger partial charge in [-0.05, 0) is 75.3 Å². The third-order valence-electron chi connectivity index (χ3n) is 4.66. The number of hydrogen-bond acceptors (Lipinski definition) is 6. The first-order chi connectivity index (χ1) is 12.4. The van der Waals surface area contributed by atoms with Crippen molar-refractivity contribution in [3.63, 3.8) is 0 Å². The van der Waals surface area contributed by atoms with Crippen LogP contribution in [0.4, 0.5) is 0 Å². The first-order valence-electron chi connectivity index (χ1n) is 8.84. The fourth-order valence-corrected chi connectivity index (χ4v) is 5.49. The topological polar surface area (TPSA) is 84.5 Å². The van der Waals surface area contributed by atoms with Crippen LogP contribution in [0.25, 0.3) is 10.1 Å². The summed E-state index contributed by atoms with van der Waals surface area (Å²) in [5.74, 6) is -0.0894. The lowest BCUT2D eigenvalue weighted by molar-refractivity contribution is 0.0532. The molecule has 0 amide bonds. The predicted octanol–water partition coefficient (Wildman–Crippen LogP) is 2.74. The number of benzene rings is 1. The maximum absolute atomic E-state index is 12.8. The number of nitrogens with one attached hydrogen (secondary N) is 2. The van der Waals surface area contributed by atoms with Crippen molar-refractivity contribution in [2.24, 2.45) is 5.92 Å². The molecule has 1 aliphatic rings. The second-order valence-electron chi connectivity index (χ2n) is 6.55. The highest BCUT2D eigenvalue weighted by Crippen LogP contribution is 2.29. The van der Waals surface area contributed by atoms with E-state index in [2.05, 4.69) is 10.0 Å². The molecule has 2 aromatic rings. The maximum Gasteiger partial charge on any atom is 0.348 e. The summed E-state index contributed by atoms with van der Waals surface area (Å²) < 4.78 is 34.2. The molecule has 2 unspecified atom stereocenters. The van der Waals surface area contributed by atoms with E-state index in [0.717, 1.165) is 36.0 Å². The minimum absolute atomic E-state index is 0.138. The highest BCUT2D eigenvalue weighted by Gasteiger charge is 2.25. The second-order valence-corrected chi connectivity index (χ2v) is 9.34. The van der Waals surface area contributed by atoms with Gasteiger partial charge in [0.05, 0.1) is 11.5 Å². The molecule has 3 rings (SSSR count). The van der Waals surface area contributed by atoms with Crippen molar-refractivity contribution in [2.45, 2.75) is 37.6 Å². The highest BCUT2D eigenvalue weighted by molar-refractivity contribution is 7.89. The molecule has 2 heterocycles. The van der Waals surface area contributed by atoms with Gasteiger partial charge in [-0.25, -0.2) is 17.9 Å². The number of rotatable bonds is 6. The number of esters is 1. The first-order valence-corrected chi connectivity index (χ1v) is 11.1. The van der Waals surface area contributed by atoms with Gasteiger partial charge < -0.3 is 10.1 Å². The maximum atomic E-state index is 12.8. The molecular weight excluding hydrogens is 372 g/mol. The quantitative estimate of drug-likeness (QED) is 0.734. The Morgan fingerprint density at radius 1 is 1.42 bits per heavy atom. The van der Waals surface area contributed by atoms with Gasteiger partial charge in [-0.2, -0.15) is 0 Å². The van der Waals surface area contributed by atoms with E-state index in [1.54, 1.807) is 31.2 Å². The van der Waals surface area contributed by atoms with Crippen LogP contribution in [0.2, 0.25) is 0 Å². The van der Waals surface area contributed by atoms with Gasteiger partial charge in [-0.1, -0.05) is 0 Å². The zero-order valence-corrected chi connectivity index (χ0v) is 16.6. The van der Waals surface area contributed by atoms with E-state index < -0.39 is 10.0 Å². The summed E-state index contributed by atoms with van der Waals surface area (Å²) in [6, 6.07) is 6.49. The lowest BCUT2D eigenvalue weighted by Gasteiger charge is -2.28. The second kappa shape index (κ2) is 8.04. The van der Waals surface area contributed by atoms with Crippen LogP contribution in [0.1, 0.15) is 36.4 Å². The van der Waals surface area contributed by atoms with E-state index in [9.17, 15) is 13.2 Å². The van der Waals surface area contributed by atoms with Gasteiger partial charge in [0, 0.05) is 10.7 Å². The third-order valence-corrected chi connectivity index (χ3v) is 7.31. The molecule has 2 N–H and O–H groups in total. The summed E-state index contributed by atoms with van der Waals surface area (Å²) in [4.78, 5) is 12.6. The van der Waals surface area contributed by atoms with Crippen molar-refractivity contribution in [2.75, 3.05) is 19.7 Å². The van der Waals surface area contributed by atoms with E-state index in [-0.39, 0.29) is 16.9 Å². The molecule has 142 valence electrons. The molecule has 0 saturated carbocycles. The van der Waals surface area contributed by atoms with Gasteiger partial charge in [-0.3, -0.25) is 0 Å². The monoisotopic (exact) mass is 396 g/mol. The molecule has 1 fully saturated rings. The number of sulfonamides is 1. The zero-order valence-electron chi connectivity index (χ0n) is 14.9. The van der Waals surface area contributed by atoms with E-state index in [0.29, 0.717) is 17.4 Å². The molecule has 0 aliphatic carbocycles. The average Bonchev–Trinajstić information content (AvgIpc) is 3.06. The molecule has 26 heavy (non-hydrogen) atoms. The van der Waals surface area contributed by atoms with Crippen molar-refractivity contribution < 1.29 is 17.9 Å². The molecule has 1 aliphatic heterocycles. The lowest BCUT2D eigenvalue weighted by Crippen LogP contribution is -2.44. The number of carbonyl (C=O) groups is 1. The fourth-order valence-electron chi connectivity index (χ4n) is 3.21. The van der Waals surface area contributed by atoms with Crippen LogP contribution >= 0.6 is 11.3 Å². The van der Waals surface area contributed by atoms with Crippen molar-refractivity contribution in [3.05, 3.63) is 29.1 Å². The molecule has 0 bridgehead atoms. The van der Waals surface area contributed by atoms with Crippen LogP contribution in [0.5, 0.6) is 0 Å². The van der Waals surface area contributed by atoms with E-state index in [1.807, 2.05) is 6.92 Å². The van der Waals surface area contributed by atoms with E-state index in [1.165, 1.54) is 11.3 Å². The largest absolute Gasteiger partial charge is 0.462 e. The summed E-state index contributed by atoms with van der Waals surface area (Å²) in [6.07, 6.45) is 2.08. The Labute approximate surface area is 158 Å². The van der Waals surface area contributed by atoms with Crippen molar-refractivity contribution >= 4 is 37.4 Å². The van der Waals surface area contributed by atoms with Crippen LogP contribution in [-0.2, 0) is 14.8 Å². The van der Waals surface area contributed by atoms with Crippen LogP contribution in [0, 0.1) is 5.92 Å². The fraction of sp³-hybridized carbons (Fsp3) is 0.500. The van der Waals surface area contributed by atoms with Crippen molar-refractivity contribution in [1.82, 2.24) is 10.0 Å². The summed E-state index contributed by atoms with van der Waals surface area (Å²) in [7, 11) is -3.61. The number of piperidine rings is 1. The number of thiophene rings is 1. The molecule has 1 saturated heterocycles. The Morgan fingerprint density at radius 3 is 2.92 bits per heavy atom. The highest BCUT2D eigenvalue weighted by atomic mass is 32.2. The smallest absolute Gasteiger partial charge is 0.348 e. The van der Waals surface area contributed by atoms with Gasteiger partial charge in [0.15, 0.2) is 0 Å². The van der Waals surface area contributed by atoms with Gasteiger partial charge in [0.1, 0.15) is 4.88 Å². The van der Waals surface area contributed by atoms with Crippen LogP contribution < -0.4 is 10.0 Å². The summed E-state index contributed by atoms with van der Waals surface area (Å²) in [5, 5.41) is 4.04. The minimum Gasteiger partial charge on any atom is -0.462 e. The van der Waals surface area contributed by atoms with Gasteiger partial charge in [0.2, 0.25) is 10.0 Å².